The number of hydrogen-bond donors (Lipinski definition) is 1. The van der Waals surface area contributed by atoms with E-state index in [9.17, 15) is 4.79 Å². The SMILES string of the molecule is O=C(NCc1ccc(Cn2cnc3ccccc32)cc1)C(c1ccccc1)n1cccn1. The molecule has 0 bridgehead atoms. The Morgan fingerprint density at radius 2 is 1.62 bits per heavy atom. The number of carbonyl (C=O) groups is 1. The first-order chi connectivity index (χ1) is 15.8. The highest BCUT2D eigenvalue weighted by Crippen LogP contribution is 2.18. The van der Waals surface area contributed by atoms with Crippen LogP contribution in [0.2, 0.25) is 0 Å². The van der Waals surface area contributed by atoms with Gasteiger partial charge in [-0.3, -0.25) is 9.48 Å². The van der Waals surface area contributed by atoms with E-state index in [4.69, 9.17) is 0 Å². The molecule has 158 valence electrons. The molecule has 6 nitrogen and oxygen atoms in total. The van der Waals surface area contributed by atoms with Crippen molar-refractivity contribution in [3.8, 4) is 0 Å². The molecule has 5 aromatic rings. The van der Waals surface area contributed by atoms with Crippen LogP contribution in [0.4, 0.5) is 0 Å². The molecule has 2 aromatic heterocycles. The number of nitrogens with one attached hydrogen (secondary N) is 1. The summed E-state index contributed by atoms with van der Waals surface area (Å²) in [4.78, 5) is 17.5. The number of fused-ring (bicyclic) bond motifs is 1. The number of rotatable bonds is 7. The van der Waals surface area contributed by atoms with E-state index in [0.717, 1.165) is 28.7 Å². The van der Waals surface area contributed by atoms with E-state index >= 15 is 0 Å². The number of aromatic nitrogens is 4. The molecule has 0 aliphatic heterocycles. The van der Waals surface area contributed by atoms with Crippen molar-refractivity contribution in [3.63, 3.8) is 0 Å². The molecule has 1 atom stereocenters. The average molecular weight is 422 g/mol. The standard InChI is InChI=1S/C26H23N5O/c32-26(25(31-16-6-15-29-31)22-7-2-1-3-8-22)27-17-20-11-13-21(14-12-20)18-30-19-28-23-9-4-5-10-24(23)30/h1-16,19,25H,17-18H2,(H,27,32). The second kappa shape index (κ2) is 8.89. The van der Waals surface area contributed by atoms with E-state index in [-0.39, 0.29) is 5.91 Å². The lowest BCUT2D eigenvalue weighted by atomic mass is 10.1. The van der Waals surface area contributed by atoms with Crippen molar-refractivity contribution in [3.05, 3.63) is 120 Å². The highest BCUT2D eigenvalue weighted by Gasteiger charge is 2.22. The summed E-state index contributed by atoms with van der Waals surface area (Å²) in [6.07, 6.45) is 5.37. The van der Waals surface area contributed by atoms with E-state index in [1.54, 1.807) is 10.9 Å². The van der Waals surface area contributed by atoms with Gasteiger partial charge < -0.3 is 9.88 Å². The van der Waals surface area contributed by atoms with Gasteiger partial charge in [-0.25, -0.2) is 4.98 Å². The molecule has 0 spiro atoms. The fraction of sp³-hybridized carbons (Fsp3) is 0.115. The molecule has 0 saturated heterocycles. The van der Waals surface area contributed by atoms with Crippen molar-refractivity contribution in [2.24, 2.45) is 0 Å². The highest BCUT2D eigenvalue weighted by molar-refractivity contribution is 5.83. The van der Waals surface area contributed by atoms with Crippen molar-refractivity contribution in [1.29, 1.82) is 0 Å². The first kappa shape index (κ1) is 19.8. The zero-order chi connectivity index (χ0) is 21.8. The monoisotopic (exact) mass is 421 g/mol. The van der Waals surface area contributed by atoms with Crippen LogP contribution in [0.1, 0.15) is 22.7 Å². The molecule has 0 aliphatic carbocycles. The van der Waals surface area contributed by atoms with Gasteiger partial charge in [-0.1, -0.05) is 66.7 Å². The summed E-state index contributed by atoms with van der Waals surface area (Å²) in [6.45, 7) is 1.21. The van der Waals surface area contributed by atoms with Crippen LogP contribution >= 0.6 is 0 Å². The van der Waals surface area contributed by atoms with Crippen LogP contribution in [0, 0.1) is 0 Å². The van der Waals surface area contributed by atoms with Gasteiger partial charge in [0.1, 0.15) is 0 Å². The van der Waals surface area contributed by atoms with Crippen LogP contribution in [-0.2, 0) is 17.9 Å². The van der Waals surface area contributed by atoms with E-state index in [0.29, 0.717) is 6.54 Å². The van der Waals surface area contributed by atoms with Gasteiger partial charge in [-0.15, -0.1) is 0 Å². The van der Waals surface area contributed by atoms with Gasteiger partial charge in [0.2, 0.25) is 5.91 Å². The lowest BCUT2D eigenvalue weighted by molar-refractivity contribution is -0.123. The Labute approximate surface area is 186 Å². The van der Waals surface area contributed by atoms with Crippen LogP contribution in [0.15, 0.2) is 104 Å². The van der Waals surface area contributed by atoms with Gasteiger partial charge in [-0.2, -0.15) is 5.10 Å². The average Bonchev–Trinajstić information content (AvgIpc) is 3.50. The number of imidazole rings is 1. The molecule has 0 radical (unpaired) electrons. The number of carbonyl (C=O) groups excluding carboxylic acids is 1. The Balaban J connectivity index is 1.26. The molecular formula is C26H23N5O. The maximum absolute atomic E-state index is 13.0. The van der Waals surface area contributed by atoms with Gasteiger partial charge in [0, 0.05) is 25.5 Å². The third-order valence-corrected chi connectivity index (χ3v) is 5.52. The molecule has 0 aliphatic rings. The Morgan fingerprint density at radius 3 is 2.41 bits per heavy atom. The zero-order valence-electron chi connectivity index (χ0n) is 17.5. The van der Waals surface area contributed by atoms with Crippen LogP contribution in [0.25, 0.3) is 11.0 Å². The van der Waals surface area contributed by atoms with Gasteiger partial charge in [-0.05, 0) is 34.9 Å². The van der Waals surface area contributed by atoms with Gasteiger partial charge in [0.15, 0.2) is 6.04 Å². The van der Waals surface area contributed by atoms with Crippen molar-refractivity contribution in [2.45, 2.75) is 19.1 Å². The Kier molecular flexibility index (Phi) is 5.49. The molecule has 3 aromatic carbocycles. The molecule has 1 N–H and O–H groups in total. The largest absolute Gasteiger partial charge is 0.350 e. The van der Waals surface area contributed by atoms with Crippen molar-refractivity contribution in [2.75, 3.05) is 0 Å². The smallest absolute Gasteiger partial charge is 0.249 e. The number of para-hydroxylation sites is 2. The summed E-state index contributed by atoms with van der Waals surface area (Å²) < 4.78 is 3.82. The van der Waals surface area contributed by atoms with Crippen LogP contribution in [-0.4, -0.2) is 25.2 Å². The Morgan fingerprint density at radius 1 is 0.875 bits per heavy atom. The Hall–Kier alpha value is -4.19. The van der Waals surface area contributed by atoms with E-state index in [1.165, 1.54) is 5.56 Å². The Bertz CT molecular complexity index is 1310. The summed E-state index contributed by atoms with van der Waals surface area (Å²) in [5.74, 6) is -0.0890. The van der Waals surface area contributed by atoms with Gasteiger partial charge >= 0.3 is 0 Å². The van der Waals surface area contributed by atoms with Crippen LogP contribution in [0.5, 0.6) is 0 Å². The molecule has 5 rings (SSSR count). The van der Waals surface area contributed by atoms with Gasteiger partial charge in [0.05, 0.1) is 17.4 Å². The number of benzene rings is 3. The van der Waals surface area contributed by atoms with Crippen LogP contribution in [0.3, 0.4) is 0 Å². The van der Waals surface area contributed by atoms with E-state index < -0.39 is 6.04 Å². The first-order valence-corrected chi connectivity index (χ1v) is 10.6. The van der Waals surface area contributed by atoms with Crippen LogP contribution < -0.4 is 5.32 Å². The number of nitrogens with zero attached hydrogens (tertiary/aromatic N) is 4. The molecule has 32 heavy (non-hydrogen) atoms. The predicted molar refractivity (Wildman–Crippen MR) is 124 cm³/mol. The third-order valence-electron chi connectivity index (χ3n) is 5.52. The molecule has 0 fully saturated rings. The molecular weight excluding hydrogens is 398 g/mol. The topological polar surface area (TPSA) is 64.7 Å². The summed E-state index contributed by atoms with van der Waals surface area (Å²) in [5, 5.41) is 7.35. The summed E-state index contributed by atoms with van der Waals surface area (Å²) >= 11 is 0. The quantitative estimate of drug-likeness (QED) is 0.429. The molecule has 6 heteroatoms. The summed E-state index contributed by atoms with van der Waals surface area (Å²) in [6, 6.07) is 27.4. The van der Waals surface area contributed by atoms with Crippen molar-refractivity contribution < 1.29 is 4.79 Å². The first-order valence-electron chi connectivity index (χ1n) is 10.6. The molecule has 0 saturated carbocycles. The maximum atomic E-state index is 13.0. The highest BCUT2D eigenvalue weighted by atomic mass is 16.2. The lowest BCUT2D eigenvalue weighted by Gasteiger charge is -2.18. The number of amides is 1. The minimum absolute atomic E-state index is 0.0890. The fourth-order valence-corrected chi connectivity index (χ4v) is 3.87. The van der Waals surface area contributed by atoms with Crippen molar-refractivity contribution >= 4 is 16.9 Å². The second-order valence-corrected chi connectivity index (χ2v) is 7.69. The fourth-order valence-electron chi connectivity index (χ4n) is 3.87. The minimum atomic E-state index is -0.500. The van der Waals surface area contributed by atoms with Gasteiger partial charge in [0.25, 0.3) is 0 Å². The molecule has 2 heterocycles. The van der Waals surface area contributed by atoms with Crippen molar-refractivity contribution in [1.82, 2.24) is 24.6 Å². The summed E-state index contributed by atoms with van der Waals surface area (Å²) in [5.41, 5.74) is 5.25. The minimum Gasteiger partial charge on any atom is -0.350 e. The maximum Gasteiger partial charge on any atom is 0.249 e. The normalized spacial score (nSPS) is 12.0. The predicted octanol–water partition coefficient (Wildman–Crippen LogP) is 4.19. The molecule has 1 amide bonds. The summed E-state index contributed by atoms with van der Waals surface area (Å²) in [7, 11) is 0. The zero-order valence-corrected chi connectivity index (χ0v) is 17.5. The lowest BCUT2D eigenvalue weighted by Crippen LogP contribution is -2.33. The number of hydrogen-bond acceptors (Lipinski definition) is 3. The molecule has 1 unspecified atom stereocenters. The van der Waals surface area contributed by atoms with E-state index in [2.05, 4.69) is 50.3 Å². The van der Waals surface area contributed by atoms with E-state index in [1.807, 2.05) is 67.1 Å². The second-order valence-electron chi connectivity index (χ2n) is 7.69. The third kappa shape index (κ3) is 4.16.